The molecule has 1 atom stereocenters. The summed E-state index contributed by atoms with van der Waals surface area (Å²) < 4.78 is 33.5. The lowest BCUT2D eigenvalue weighted by atomic mass is 9.99. The molecule has 1 aliphatic rings. The Balaban J connectivity index is 1.71. The zero-order chi connectivity index (χ0) is 24.1. The van der Waals surface area contributed by atoms with Crippen LogP contribution in [0.25, 0.3) is 16.0 Å². The van der Waals surface area contributed by atoms with Crippen LogP contribution in [0.2, 0.25) is 0 Å². The van der Waals surface area contributed by atoms with Crippen LogP contribution in [0.5, 0.6) is 5.75 Å². The smallest absolute Gasteiger partial charge is 0.301 e. The third-order valence-corrected chi connectivity index (χ3v) is 7.46. The molecule has 5 rings (SSSR count). The molecule has 0 spiro atoms. The van der Waals surface area contributed by atoms with Gasteiger partial charge in [0.25, 0.3) is 5.78 Å². The maximum Gasteiger partial charge on any atom is 0.301 e. The van der Waals surface area contributed by atoms with Gasteiger partial charge in [0.05, 0.1) is 17.4 Å². The number of thiophene rings is 1. The van der Waals surface area contributed by atoms with Gasteiger partial charge in [0.1, 0.15) is 28.9 Å². The number of amides is 1. The van der Waals surface area contributed by atoms with Crippen LogP contribution in [0.15, 0.2) is 53.4 Å². The quantitative estimate of drug-likeness (QED) is 0.226. The molecule has 1 unspecified atom stereocenters. The highest BCUT2D eigenvalue weighted by Gasteiger charge is 2.48. The zero-order valence-corrected chi connectivity index (χ0v) is 19.5. The van der Waals surface area contributed by atoms with E-state index in [1.54, 1.807) is 42.6 Å². The summed E-state index contributed by atoms with van der Waals surface area (Å²) in [5.41, 5.74) is 0.870. The molecular weight excluding hydrogens is 482 g/mol. The number of Topliss-reactive ketones (excluding diaryl/α,β-unsaturated/α-hetero) is 1. The van der Waals surface area contributed by atoms with E-state index < -0.39 is 29.4 Å². The Morgan fingerprint density at radius 1 is 1.18 bits per heavy atom. The molecule has 172 valence electrons. The summed E-state index contributed by atoms with van der Waals surface area (Å²) in [6, 6.07) is 9.25. The summed E-state index contributed by atoms with van der Waals surface area (Å²) in [6.07, 6.45) is 0. The normalized spacial score (nSPS) is 17.6. The lowest BCUT2D eigenvalue weighted by molar-refractivity contribution is -0.132. The van der Waals surface area contributed by atoms with Gasteiger partial charge >= 0.3 is 5.91 Å². The van der Waals surface area contributed by atoms with Gasteiger partial charge < -0.3 is 9.84 Å². The number of nitrogens with zero attached hydrogens (tertiary/aromatic N) is 2. The number of ketones is 1. The van der Waals surface area contributed by atoms with Crippen LogP contribution in [0.3, 0.4) is 0 Å². The van der Waals surface area contributed by atoms with Gasteiger partial charge in [-0.3, -0.25) is 14.5 Å². The Hall–Kier alpha value is -3.63. The van der Waals surface area contributed by atoms with Crippen molar-refractivity contribution >= 4 is 55.5 Å². The van der Waals surface area contributed by atoms with Crippen LogP contribution in [-0.4, -0.2) is 28.9 Å². The zero-order valence-electron chi connectivity index (χ0n) is 17.8. The fourth-order valence-corrected chi connectivity index (χ4v) is 5.83. The Morgan fingerprint density at radius 2 is 1.97 bits per heavy atom. The summed E-state index contributed by atoms with van der Waals surface area (Å²) in [5.74, 6) is -3.18. The van der Waals surface area contributed by atoms with E-state index in [4.69, 9.17) is 4.74 Å². The maximum atomic E-state index is 14.3. The molecule has 0 radical (unpaired) electrons. The fourth-order valence-electron chi connectivity index (χ4n) is 3.98. The van der Waals surface area contributed by atoms with Crippen molar-refractivity contribution in [3.63, 3.8) is 0 Å². The molecule has 1 fully saturated rings. The van der Waals surface area contributed by atoms with Crippen LogP contribution in [0, 0.1) is 18.6 Å². The number of carbonyl (C=O) groups excluding carboxylic acids is 2. The van der Waals surface area contributed by atoms with Gasteiger partial charge in [0.15, 0.2) is 10.9 Å². The molecule has 1 amide bonds. The molecule has 10 heteroatoms. The van der Waals surface area contributed by atoms with E-state index >= 15 is 0 Å². The predicted molar refractivity (Wildman–Crippen MR) is 126 cm³/mol. The predicted octanol–water partition coefficient (Wildman–Crippen LogP) is 5.58. The molecule has 1 saturated heterocycles. The van der Waals surface area contributed by atoms with E-state index in [9.17, 15) is 23.5 Å². The second kappa shape index (κ2) is 8.30. The van der Waals surface area contributed by atoms with Crippen LogP contribution in [-0.2, 0) is 9.59 Å². The van der Waals surface area contributed by atoms with E-state index in [1.165, 1.54) is 18.4 Å². The summed E-state index contributed by atoms with van der Waals surface area (Å²) >= 11 is 2.18. The van der Waals surface area contributed by atoms with Crippen molar-refractivity contribution in [3.8, 4) is 5.75 Å². The van der Waals surface area contributed by atoms with Crippen LogP contribution >= 0.6 is 22.7 Å². The third-order valence-electron chi connectivity index (χ3n) is 5.53. The summed E-state index contributed by atoms with van der Waals surface area (Å²) in [4.78, 5) is 32.3. The third kappa shape index (κ3) is 3.46. The molecule has 1 N–H and O–H groups in total. The molecule has 3 heterocycles. The Kier molecular flexibility index (Phi) is 5.41. The fraction of sp³-hybridized carbons (Fsp3) is 0.125. The average Bonchev–Trinajstić information content (AvgIpc) is 3.52. The molecule has 0 aliphatic carbocycles. The minimum atomic E-state index is -0.976. The summed E-state index contributed by atoms with van der Waals surface area (Å²) in [5, 5.41) is 13.0. The Labute approximate surface area is 200 Å². The maximum absolute atomic E-state index is 14.3. The van der Waals surface area contributed by atoms with E-state index in [0.717, 1.165) is 27.9 Å². The molecule has 34 heavy (non-hydrogen) atoms. The molecular formula is C24H16F2N2O4S2. The summed E-state index contributed by atoms with van der Waals surface area (Å²) in [6.45, 7) is 1.79. The number of anilines is 1. The van der Waals surface area contributed by atoms with Gasteiger partial charge in [-0.25, -0.2) is 13.8 Å². The minimum Gasteiger partial charge on any atom is -0.507 e. The van der Waals surface area contributed by atoms with Gasteiger partial charge in [-0.2, -0.15) is 0 Å². The highest BCUT2D eigenvalue weighted by molar-refractivity contribution is 7.22. The standard InChI is InChI=1S/C24H16F2N2O4S2/c1-11-8-12(5-6-15(11)32-2)21(29)18-20(16-4-3-7-33-16)28(23(31)22(18)30)24-27-19-14(26)9-13(25)10-17(19)34-24/h3-10,20,29H,1-2H3/b21-18+. The van der Waals surface area contributed by atoms with Crippen molar-refractivity contribution in [2.75, 3.05) is 12.0 Å². The molecule has 1 aliphatic heterocycles. The van der Waals surface area contributed by atoms with Crippen molar-refractivity contribution in [1.82, 2.24) is 4.98 Å². The monoisotopic (exact) mass is 498 g/mol. The highest BCUT2D eigenvalue weighted by Crippen LogP contribution is 2.45. The number of ether oxygens (including phenoxy) is 1. The molecule has 2 aromatic carbocycles. The first-order valence-electron chi connectivity index (χ1n) is 10.0. The van der Waals surface area contributed by atoms with Gasteiger partial charge in [-0.1, -0.05) is 17.4 Å². The van der Waals surface area contributed by atoms with Crippen LogP contribution in [0.1, 0.15) is 22.0 Å². The van der Waals surface area contributed by atoms with E-state index in [1.807, 2.05) is 0 Å². The minimum absolute atomic E-state index is 0.0324. The molecule has 6 nitrogen and oxygen atoms in total. The number of aryl methyl sites for hydroxylation is 1. The van der Waals surface area contributed by atoms with Crippen LogP contribution in [0.4, 0.5) is 13.9 Å². The average molecular weight is 499 g/mol. The number of aromatic nitrogens is 1. The Bertz CT molecular complexity index is 1490. The van der Waals surface area contributed by atoms with Crippen molar-refractivity contribution in [1.29, 1.82) is 0 Å². The molecule has 0 saturated carbocycles. The molecule has 4 aromatic rings. The van der Waals surface area contributed by atoms with E-state index in [-0.39, 0.29) is 26.7 Å². The van der Waals surface area contributed by atoms with Gasteiger partial charge in [-0.05, 0) is 48.2 Å². The first-order chi connectivity index (χ1) is 16.3. The number of rotatable bonds is 4. The molecule has 2 aromatic heterocycles. The van der Waals surface area contributed by atoms with Gasteiger partial charge in [0.2, 0.25) is 0 Å². The van der Waals surface area contributed by atoms with Crippen molar-refractivity contribution in [2.24, 2.45) is 0 Å². The van der Waals surface area contributed by atoms with Gasteiger partial charge in [-0.15, -0.1) is 11.3 Å². The number of thiazole rings is 1. The largest absolute Gasteiger partial charge is 0.507 e. The lowest BCUT2D eigenvalue weighted by Crippen LogP contribution is -2.28. The SMILES string of the molecule is COc1ccc(/C(O)=C2\C(=O)C(=O)N(c3nc4c(F)cc(F)cc4s3)C2c2cccs2)cc1C. The number of fused-ring (bicyclic) bond motifs is 1. The topological polar surface area (TPSA) is 79.7 Å². The second-order valence-corrected chi connectivity index (χ2v) is 9.59. The number of hydrogen-bond acceptors (Lipinski definition) is 7. The highest BCUT2D eigenvalue weighted by atomic mass is 32.1. The number of benzene rings is 2. The summed E-state index contributed by atoms with van der Waals surface area (Å²) in [7, 11) is 1.52. The number of methoxy groups -OCH3 is 1. The number of halogens is 2. The first-order valence-corrected chi connectivity index (χ1v) is 11.7. The lowest BCUT2D eigenvalue weighted by Gasteiger charge is -2.21. The van der Waals surface area contributed by atoms with Crippen molar-refractivity contribution in [2.45, 2.75) is 13.0 Å². The van der Waals surface area contributed by atoms with Crippen molar-refractivity contribution < 1.29 is 28.2 Å². The number of aliphatic hydroxyl groups is 1. The first kappa shape index (κ1) is 22.2. The van der Waals surface area contributed by atoms with E-state index in [0.29, 0.717) is 22.3 Å². The Morgan fingerprint density at radius 3 is 2.65 bits per heavy atom. The number of aliphatic hydroxyl groups excluding tert-OH is 1. The number of hydrogen-bond donors (Lipinski definition) is 1. The number of carbonyl (C=O) groups is 2. The second-order valence-electron chi connectivity index (χ2n) is 7.60. The van der Waals surface area contributed by atoms with Crippen LogP contribution < -0.4 is 9.64 Å². The van der Waals surface area contributed by atoms with Gasteiger partial charge in [0, 0.05) is 16.5 Å². The van der Waals surface area contributed by atoms with Crippen molar-refractivity contribution in [3.05, 3.63) is 81.1 Å². The van der Waals surface area contributed by atoms with E-state index in [2.05, 4.69) is 4.98 Å². The molecule has 0 bridgehead atoms.